The third-order valence-corrected chi connectivity index (χ3v) is 7.18. The van der Waals surface area contributed by atoms with E-state index in [2.05, 4.69) is 0 Å². The molecule has 6 nitrogen and oxygen atoms in total. The van der Waals surface area contributed by atoms with Crippen molar-refractivity contribution in [2.75, 3.05) is 13.4 Å². The van der Waals surface area contributed by atoms with E-state index in [9.17, 15) is 18.8 Å². The predicted octanol–water partition coefficient (Wildman–Crippen LogP) is 1.86. The van der Waals surface area contributed by atoms with E-state index in [-0.39, 0.29) is 11.7 Å². The molecule has 4 rings (SSSR count). The fourth-order valence-electron chi connectivity index (χ4n) is 3.55. The van der Waals surface area contributed by atoms with Gasteiger partial charge in [-0.3, -0.25) is 0 Å². The van der Waals surface area contributed by atoms with Crippen molar-refractivity contribution in [2.45, 2.75) is 16.1 Å². The summed E-state index contributed by atoms with van der Waals surface area (Å²) in [6.45, 7) is -0.419. The van der Waals surface area contributed by atoms with Crippen LogP contribution in [0.4, 0.5) is 0 Å². The van der Waals surface area contributed by atoms with Gasteiger partial charge in [-0.25, -0.2) is 8.42 Å². The van der Waals surface area contributed by atoms with Crippen molar-refractivity contribution in [3.05, 3.63) is 54.1 Å². The maximum absolute atomic E-state index is 13.0. The Bertz CT molecular complexity index is 967. The molecule has 0 amide bonds. The minimum absolute atomic E-state index is 0.110. The van der Waals surface area contributed by atoms with Gasteiger partial charge in [0.2, 0.25) is 6.79 Å². The number of rotatable bonds is 4. The zero-order chi connectivity index (χ0) is 17.7. The maximum Gasteiger partial charge on any atom is 0.231 e. The molecule has 3 atom stereocenters. The molecule has 2 aromatic carbocycles. The van der Waals surface area contributed by atoms with Crippen molar-refractivity contribution >= 4 is 9.84 Å². The van der Waals surface area contributed by atoms with Crippen LogP contribution in [-0.2, 0) is 9.84 Å². The van der Waals surface area contributed by atoms with Crippen LogP contribution in [0.2, 0.25) is 0 Å². The zero-order valence-corrected chi connectivity index (χ0v) is 13.9. The fourth-order valence-corrected chi connectivity index (χ4v) is 5.89. The van der Waals surface area contributed by atoms with E-state index >= 15 is 0 Å². The summed E-state index contributed by atoms with van der Waals surface area (Å²) in [4.78, 5) is 0.149. The number of benzene rings is 2. The molecule has 1 saturated carbocycles. The molecular formula is C18H15NO5S. The molecule has 7 heteroatoms. The molecule has 128 valence electrons. The van der Waals surface area contributed by atoms with E-state index in [1.54, 1.807) is 36.4 Å². The lowest BCUT2D eigenvalue weighted by Crippen LogP contribution is -2.18. The molecule has 1 aliphatic heterocycles. The number of nitrogens with zero attached hydrogens (tertiary/aromatic N) is 1. The Morgan fingerprint density at radius 2 is 1.88 bits per heavy atom. The highest BCUT2D eigenvalue weighted by Gasteiger charge is 2.72. The molecule has 0 unspecified atom stereocenters. The Kier molecular flexibility index (Phi) is 3.49. The van der Waals surface area contributed by atoms with Crippen molar-refractivity contribution in [3.63, 3.8) is 0 Å². The van der Waals surface area contributed by atoms with E-state index in [0.29, 0.717) is 17.1 Å². The SMILES string of the molecule is N#C[C@]1(CO)[C@@H](c2ccc3c(c2)OCO3)[C@@H]1S(=O)(=O)c1ccccc1. The second-order valence-electron chi connectivity index (χ2n) is 6.18. The van der Waals surface area contributed by atoms with Crippen LogP contribution in [0, 0.1) is 16.7 Å². The Labute approximate surface area is 145 Å². The third-order valence-electron chi connectivity index (χ3n) is 4.89. The molecule has 1 heterocycles. The van der Waals surface area contributed by atoms with Crippen LogP contribution in [0.1, 0.15) is 11.5 Å². The van der Waals surface area contributed by atoms with Gasteiger partial charge in [-0.2, -0.15) is 5.26 Å². The average Bonchev–Trinajstić information content (AvgIpc) is 3.12. The molecule has 25 heavy (non-hydrogen) atoms. The van der Waals surface area contributed by atoms with Crippen molar-refractivity contribution in [1.29, 1.82) is 5.26 Å². The van der Waals surface area contributed by atoms with Crippen LogP contribution in [0.5, 0.6) is 11.5 Å². The summed E-state index contributed by atoms with van der Waals surface area (Å²) in [6, 6.07) is 15.2. The number of aliphatic hydroxyl groups is 1. The molecule has 1 aliphatic carbocycles. The van der Waals surface area contributed by atoms with E-state index in [4.69, 9.17) is 9.47 Å². The first-order chi connectivity index (χ1) is 12.0. The lowest BCUT2D eigenvalue weighted by atomic mass is 10.0. The average molecular weight is 357 g/mol. The minimum Gasteiger partial charge on any atom is -0.454 e. The lowest BCUT2D eigenvalue weighted by Gasteiger charge is -2.05. The fraction of sp³-hybridized carbons (Fsp3) is 0.278. The molecule has 0 aromatic heterocycles. The largest absolute Gasteiger partial charge is 0.454 e. The van der Waals surface area contributed by atoms with Gasteiger partial charge in [0.1, 0.15) is 5.41 Å². The van der Waals surface area contributed by atoms with Crippen LogP contribution in [-0.4, -0.2) is 32.2 Å². The molecule has 0 bridgehead atoms. The van der Waals surface area contributed by atoms with Gasteiger partial charge >= 0.3 is 0 Å². The number of hydrogen-bond acceptors (Lipinski definition) is 6. The first-order valence-corrected chi connectivity index (χ1v) is 9.30. The van der Waals surface area contributed by atoms with Crippen molar-refractivity contribution in [3.8, 4) is 17.6 Å². The first-order valence-electron chi connectivity index (χ1n) is 7.75. The summed E-state index contributed by atoms with van der Waals surface area (Å²) in [6.07, 6.45) is 0. The molecule has 2 aromatic rings. The standard InChI is InChI=1S/C18H15NO5S/c19-9-18(10-20)16(12-6-7-14-15(8-12)24-11-23-14)17(18)25(21,22)13-4-2-1-3-5-13/h1-8,16-17,20H,10-11H2/t16-,17-,18-/m0/s1. The normalized spacial score (nSPS) is 26.9. The molecule has 0 saturated heterocycles. The summed E-state index contributed by atoms with van der Waals surface area (Å²) in [5, 5.41) is 18.4. The smallest absolute Gasteiger partial charge is 0.231 e. The van der Waals surface area contributed by atoms with E-state index < -0.39 is 33.0 Å². The van der Waals surface area contributed by atoms with Crippen LogP contribution in [0.25, 0.3) is 0 Å². The number of ether oxygens (including phenoxy) is 2. The van der Waals surface area contributed by atoms with Crippen molar-refractivity contribution < 1.29 is 23.0 Å². The van der Waals surface area contributed by atoms with Crippen molar-refractivity contribution in [2.24, 2.45) is 5.41 Å². The van der Waals surface area contributed by atoms with Gasteiger partial charge in [0.15, 0.2) is 21.3 Å². The Morgan fingerprint density at radius 3 is 2.56 bits per heavy atom. The molecule has 2 aliphatic rings. The lowest BCUT2D eigenvalue weighted by molar-refractivity contribution is 0.174. The van der Waals surface area contributed by atoms with Crippen molar-refractivity contribution in [1.82, 2.24) is 0 Å². The maximum atomic E-state index is 13.0. The van der Waals surface area contributed by atoms with Gasteiger partial charge in [-0.05, 0) is 29.8 Å². The van der Waals surface area contributed by atoms with Gasteiger partial charge in [-0.1, -0.05) is 24.3 Å². The van der Waals surface area contributed by atoms with E-state index in [1.165, 1.54) is 12.1 Å². The summed E-state index contributed by atoms with van der Waals surface area (Å²) >= 11 is 0. The summed E-state index contributed by atoms with van der Waals surface area (Å²) in [5.74, 6) is 0.477. The quantitative estimate of drug-likeness (QED) is 0.897. The van der Waals surface area contributed by atoms with Gasteiger partial charge < -0.3 is 14.6 Å². The van der Waals surface area contributed by atoms with Gasteiger partial charge in [-0.15, -0.1) is 0 Å². The van der Waals surface area contributed by atoms with E-state index in [0.717, 1.165) is 0 Å². The topological polar surface area (TPSA) is 96.6 Å². The minimum atomic E-state index is -3.76. The highest BCUT2D eigenvalue weighted by atomic mass is 32.2. The zero-order valence-electron chi connectivity index (χ0n) is 13.1. The summed E-state index contributed by atoms with van der Waals surface area (Å²) in [5.41, 5.74) is -0.716. The van der Waals surface area contributed by atoms with Crippen LogP contribution in [0.3, 0.4) is 0 Å². The number of nitriles is 1. The van der Waals surface area contributed by atoms with Crippen LogP contribution >= 0.6 is 0 Å². The number of fused-ring (bicyclic) bond motifs is 1. The first kappa shape index (κ1) is 15.9. The van der Waals surface area contributed by atoms with Crippen LogP contribution in [0.15, 0.2) is 53.4 Å². The Balaban J connectivity index is 1.79. The highest BCUT2D eigenvalue weighted by Crippen LogP contribution is 2.64. The monoisotopic (exact) mass is 357 g/mol. The highest BCUT2D eigenvalue weighted by molar-refractivity contribution is 7.92. The number of sulfone groups is 1. The second kappa shape index (κ2) is 5.48. The summed E-state index contributed by atoms with van der Waals surface area (Å²) in [7, 11) is -3.76. The predicted molar refractivity (Wildman–Crippen MR) is 87.9 cm³/mol. The molecule has 1 fully saturated rings. The van der Waals surface area contributed by atoms with Gasteiger partial charge in [0.05, 0.1) is 22.8 Å². The van der Waals surface area contributed by atoms with E-state index in [1.807, 2.05) is 6.07 Å². The second-order valence-corrected chi connectivity index (χ2v) is 8.25. The molecule has 0 radical (unpaired) electrons. The van der Waals surface area contributed by atoms with Gasteiger partial charge in [0.25, 0.3) is 0 Å². The molecular weight excluding hydrogens is 342 g/mol. The molecule has 0 spiro atoms. The number of aliphatic hydroxyl groups excluding tert-OH is 1. The Hall–Kier alpha value is -2.56. The third kappa shape index (κ3) is 2.22. The summed E-state index contributed by atoms with van der Waals surface area (Å²) < 4.78 is 36.7. The number of hydrogen-bond donors (Lipinski definition) is 1. The Morgan fingerprint density at radius 1 is 1.16 bits per heavy atom. The van der Waals surface area contributed by atoms with Crippen LogP contribution < -0.4 is 9.47 Å². The molecule has 1 N–H and O–H groups in total. The van der Waals surface area contributed by atoms with Gasteiger partial charge in [0, 0.05) is 5.92 Å².